The van der Waals surface area contributed by atoms with E-state index in [0.717, 1.165) is 6.54 Å². The van der Waals surface area contributed by atoms with Gasteiger partial charge < -0.3 is 9.64 Å². The van der Waals surface area contributed by atoms with Gasteiger partial charge in [0.25, 0.3) is 0 Å². The highest BCUT2D eigenvalue weighted by Gasteiger charge is 2.46. The molecule has 6 nitrogen and oxygen atoms in total. The second-order valence-electron chi connectivity index (χ2n) is 7.26. The maximum atomic E-state index is 12.7. The van der Waals surface area contributed by atoms with Gasteiger partial charge in [0.1, 0.15) is 10.7 Å². The molecule has 1 aliphatic heterocycles. The second-order valence-corrected chi connectivity index (χ2v) is 9.61. The average Bonchev–Trinajstić information content (AvgIpc) is 3.14. The van der Waals surface area contributed by atoms with Crippen molar-refractivity contribution in [2.75, 3.05) is 44.8 Å². The van der Waals surface area contributed by atoms with Crippen molar-refractivity contribution in [3.8, 4) is 0 Å². The Morgan fingerprint density at radius 1 is 1.42 bits per heavy atom. The lowest BCUT2D eigenvalue weighted by Gasteiger charge is -2.26. The molecule has 1 atom stereocenters. The standard InChI is InChI=1S/C16H24ClN3O3S/c1-16(2)9-12(16)11-19(3)15-14(17)8-13(10-18-15)24(21,22)20-4-6-23-7-5-20/h8,10,12H,4-7,9,11H2,1-3H3. The Labute approximate surface area is 148 Å². The van der Waals surface area contributed by atoms with Gasteiger partial charge in [-0.2, -0.15) is 4.31 Å². The molecule has 3 rings (SSSR count). The van der Waals surface area contributed by atoms with Crippen molar-refractivity contribution in [2.24, 2.45) is 11.3 Å². The first-order chi connectivity index (χ1) is 11.2. The molecule has 1 aromatic rings. The Morgan fingerprint density at radius 3 is 2.58 bits per heavy atom. The first kappa shape index (κ1) is 17.9. The van der Waals surface area contributed by atoms with Crippen LogP contribution in [0.25, 0.3) is 0 Å². The quantitative estimate of drug-likeness (QED) is 0.792. The van der Waals surface area contributed by atoms with Crippen LogP contribution >= 0.6 is 11.6 Å². The highest BCUT2D eigenvalue weighted by atomic mass is 35.5. The Bertz CT molecular complexity index is 717. The zero-order chi connectivity index (χ0) is 17.5. The normalized spacial score (nSPS) is 23.9. The van der Waals surface area contributed by atoms with Crippen molar-refractivity contribution in [3.63, 3.8) is 0 Å². The fourth-order valence-electron chi connectivity index (χ4n) is 3.08. The highest BCUT2D eigenvalue weighted by molar-refractivity contribution is 7.89. The molecule has 24 heavy (non-hydrogen) atoms. The fraction of sp³-hybridized carbons (Fsp3) is 0.688. The number of sulfonamides is 1. The highest BCUT2D eigenvalue weighted by Crippen LogP contribution is 2.52. The summed E-state index contributed by atoms with van der Waals surface area (Å²) in [4.78, 5) is 6.47. The van der Waals surface area contributed by atoms with Crippen LogP contribution in [0, 0.1) is 11.3 Å². The lowest BCUT2D eigenvalue weighted by Crippen LogP contribution is -2.40. The zero-order valence-electron chi connectivity index (χ0n) is 14.3. The minimum atomic E-state index is -3.57. The third-order valence-electron chi connectivity index (χ3n) is 4.98. The van der Waals surface area contributed by atoms with Crippen molar-refractivity contribution in [2.45, 2.75) is 25.2 Å². The summed E-state index contributed by atoms with van der Waals surface area (Å²) in [6.07, 6.45) is 2.60. The van der Waals surface area contributed by atoms with Crippen LogP contribution in [-0.2, 0) is 14.8 Å². The van der Waals surface area contributed by atoms with E-state index in [1.807, 2.05) is 11.9 Å². The molecule has 2 fully saturated rings. The van der Waals surface area contributed by atoms with Gasteiger partial charge in [0.2, 0.25) is 10.0 Å². The third-order valence-corrected chi connectivity index (χ3v) is 7.12. The number of hydrogen-bond donors (Lipinski definition) is 0. The average molecular weight is 374 g/mol. The second kappa shape index (κ2) is 6.44. The van der Waals surface area contributed by atoms with Gasteiger partial charge in [-0.15, -0.1) is 0 Å². The van der Waals surface area contributed by atoms with Crippen LogP contribution < -0.4 is 4.90 Å². The summed E-state index contributed by atoms with van der Waals surface area (Å²) < 4.78 is 31.9. The summed E-state index contributed by atoms with van der Waals surface area (Å²) in [5.41, 5.74) is 0.375. The molecular weight excluding hydrogens is 350 g/mol. The summed E-state index contributed by atoms with van der Waals surface area (Å²) >= 11 is 6.33. The maximum Gasteiger partial charge on any atom is 0.244 e. The summed E-state index contributed by atoms with van der Waals surface area (Å²) in [5, 5.41) is 0.366. The van der Waals surface area contributed by atoms with Crippen molar-refractivity contribution in [1.82, 2.24) is 9.29 Å². The van der Waals surface area contributed by atoms with Crippen LogP contribution in [0.2, 0.25) is 5.02 Å². The van der Waals surface area contributed by atoms with Crippen molar-refractivity contribution < 1.29 is 13.2 Å². The van der Waals surface area contributed by atoms with Crippen molar-refractivity contribution >= 4 is 27.4 Å². The Hall–Kier alpha value is -0.890. The molecule has 1 aliphatic carbocycles. The summed E-state index contributed by atoms with van der Waals surface area (Å²) in [5.74, 6) is 1.25. The summed E-state index contributed by atoms with van der Waals surface area (Å²) in [6.45, 7) is 6.92. The molecular formula is C16H24ClN3O3S. The van der Waals surface area contributed by atoms with E-state index in [1.165, 1.54) is 23.0 Å². The van der Waals surface area contributed by atoms with Gasteiger partial charge in [-0.25, -0.2) is 13.4 Å². The predicted molar refractivity (Wildman–Crippen MR) is 94.0 cm³/mol. The SMILES string of the molecule is CN(CC1CC1(C)C)c1ncc(S(=O)(=O)N2CCOCC2)cc1Cl. The lowest BCUT2D eigenvalue weighted by atomic mass is 10.1. The van der Waals surface area contributed by atoms with E-state index < -0.39 is 10.0 Å². The van der Waals surface area contributed by atoms with E-state index in [-0.39, 0.29) is 4.90 Å². The molecule has 0 bridgehead atoms. The van der Waals surface area contributed by atoms with E-state index in [4.69, 9.17) is 16.3 Å². The van der Waals surface area contributed by atoms with Crippen molar-refractivity contribution in [1.29, 1.82) is 0 Å². The number of pyridine rings is 1. The van der Waals surface area contributed by atoms with Gasteiger partial charge in [0, 0.05) is 32.9 Å². The third kappa shape index (κ3) is 3.54. The van der Waals surface area contributed by atoms with E-state index in [2.05, 4.69) is 18.8 Å². The molecule has 1 saturated carbocycles. The van der Waals surface area contributed by atoms with Crippen LogP contribution in [0.15, 0.2) is 17.2 Å². The number of hydrogen-bond acceptors (Lipinski definition) is 5. The van der Waals surface area contributed by atoms with E-state index in [9.17, 15) is 8.42 Å². The predicted octanol–water partition coefficient (Wildman–Crippen LogP) is 2.24. The lowest BCUT2D eigenvalue weighted by molar-refractivity contribution is 0.0730. The fourth-order valence-corrected chi connectivity index (χ4v) is 4.83. The molecule has 0 amide bonds. The first-order valence-corrected chi connectivity index (χ1v) is 9.98. The Balaban J connectivity index is 1.76. The number of ether oxygens (including phenoxy) is 1. The van der Waals surface area contributed by atoms with Crippen LogP contribution in [0.3, 0.4) is 0 Å². The number of rotatable bonds is 5. The van der Waals surface area contributed by atoms with Gasteiger partial charge in [-0.3, -0.25) is 0 Å². The number of nitrogens with zero attached hydrogens (tertiary/aromatic N) is 3. The molecule has 0 N–H and O–H groups in total. The summed E-state index contributed by atoms with van der Waals surface area (Å²) in [7, 11) is -1.63. The van der Waals surface area contributed by atoms with E-state index in [0.29, 0.717) is 48.5 Å². The molecule has 1 aromatic heterocycles. The number of anilines is 1. The van der Waals surface area contributed by atoms with Crippen molar-refractivity contribution in [3.05, 3.63) is 17.3 Å². The van der Waals surface area contributed by atoms with Crippen LogP contribution in [-0.4, -0.2) is 57.6 Å². The van der Waals surface area contributed by atoms with Gasteiger partial charge in [0.15, 0.2) is 0 Å². The van der Waals surface area contributed by atoms with Gasteiger partial charge in [0.05, 0.1) is 18.2 Å². The number of morpholine rings is 1. The molecule has 8 heteroatoms. The molecule has 2 heterocycles. The minimum Gasteiger partial charge on any atom is -0.379 e. The molecule has 0 radical (unpaired) electrons. The number of aromatic nitrogens is 1. The van der Waals surface area contributed by atoms with E-state index >= 15 is 0 Å². The van der Waals surface area contributed by atoms with Crippen LogP contribution in [0.5, 0.6) is 0 Å². The van der Waals surface area contributed by atoms with Crippen LogP contribution in [0.4, 0.5) is 5.82 Å². The molecule has 134 valence electrons. The largest absolute Gasteiger partial charge is 0.379 e. The Morgan fingerprint density at radius 2 is 2.04 bits per heavy atom. The summed E-state index contributed by atoms with van der Waals surface area (Å²) in [6, 6.07) is 1.50. The molecule has 0 aromatic carbocycles. The van der Waals surface area contributed by atoms with E-state index in [1.54, 1.807) is 0 Å². The molecule has 2 aliphatic rings. The van der Waals surface area contributed by atoms with Crippen LogP contribution in [0.1, 0.15) is 20.3 Å². The number of halogens is 1. The Kier molecular flexibility index (Phi) is 4.81. The first-order valence-electron chi connectivity index (χ1n) is 8.16. The maximum absolute atomic E-state index is 12.7. The van der Waals surface area contributed by atoms with Gasteiger partial charge in [-0.1, -0.05) is 25.4 Å². The van der Waals surface area contributed by atoms with Gasteiger partial charge >= 0.3 is 0 Å². The molecule has 1 saturated heterocycles. The van der Waals surface area contributed by atoms with Gasteiger partial charge in [-0.05, 0) is 23.8 Å². The topological polar surface area (TPSA) is 62.7 Å². The smallest absolute Gasteiger partial charge is 0.244 e. The zero-order valence-corrected chi connectivity index (χ0v) is 15.9. The monoisotopic (exact) mass is 373 g/mol. The molecule has 1 unspecified atom stereocenters. The minimum absolute atomic E-state index is 0.137. The molecule has 0 spiro atoms.